The largest absolute Gasteiger partial charge is 0.481 e. The maximum atomic E-state index is 12.5. The molecule has 2 aromatic carbocycles. The molecule has 1 saturated heterocycles. The van der Waals surface area contributed by atoms with Gasteiger partial charge in [-0.15, -0.1) is 0 Å². The minimum atomic E-state index is -0.904. The molecule has 1 fully saturated rings. The van der Waals surface area contributed by atoms with Crippen LogP contribution < -0.4 is 10.6 Å². The van der Waals surface area contributed by atoms with Crippen molar-refractivity contribution in [1.82, 2.24) is 10.6 Å². The summed E-state index contributed by atoms with van der Waals surface area (Å²) in [5.41, 5.74) is 4.57. The van der Waals surface area contributed by atoms with E-state index in [0.29, 0.717) is 6.42 Å². The summed E-state index contributed by atoms with van der Waals surface area (Å²) in [7, 11) is 0. The summed E-state index contributed by atoms with van der Waals surface area (Å²) in [5, 5.41) is 14.1. The van der Waals surface area contributed by atoms with Gasteiger partial charge in [0.2, 0.25) is 5.91 Å². The van der Waals surface area contributed by atoms with Crippen molar-refractivity contribution < 1.29 is 29.0 Å². The summed E-state index contributed by atoms with van der Waals surface area (Å²) < 4.78 is 10.9. The van der Waals surface area contributed by atoms with Crippen molar-refractivity contribution in [2.24, 2.45) is 5.92 Å². The van der Waals surface area contributed by atoms with Crippen molar-refractivity contribution in [3.63, 3.8) is 0 Å². The Morgan fingerprint density at radius 2 is 1.66 bits per heavy atom. The third-order valence-electron chi connectivity index (χ3n) is 5.93. The molecule has 0 bridgehead atoms. The van der Waals surface area contributed by atoms with Crippen molar-refractivity contribution in [1.29, 1.82) is 0 Å². The minimum Gasteiger partial charge on any atom is -0.481 e. The first-order valence-electron chi connectivity index (χ1n) is 10.7. The number of benzene rings is 2. The van der Waals surface area contributed by atoms with Gasteiger partial charge in [0.05, 0.1) is 25.2 Å². The van der Waals surface area contributed by atoms with Crippen LogP contribution in [0.3, 0.4) is 0 Å². The normalized spacial score (nSPS) is 19.1. The smallest absolute Gasteiger partial charge is 0.407 e. The van der Waals surface area contributed by atoms with E-state index in [1.807, 2.05) is 24.3 Å². The highest BCUT2D eigenvalue weighted by Gasteiger charge is 2.36. The van der Waals surface area contributed by atoms with Gasteiger partial charge in [-0.05, 0) is 28.7 Å². The van der Waals surface area contributed by atoms with Crippen LogP contribution in [-0.2, 0) is 19.1 Å². The Bertz CT molecular complexity index is 962. The molecule has 0 saturated carbocycles. The summed E-state index contributed by atoms with van der Waals surface area (Å²) in [6.07, 6.45) is -0.256. The average molecular weight is 438 g/mol. The molecule has 8 heteroatoms. The summed E-state index contributed by atoms with van der Waals surface area (Å²) in [6, 6.07) is 15.7. The van der Waals surface area contributed by atoms with E-state index in [4.69, 9.17) is 14.6 Å². The summed E-state index contributed by atoms with van der Waals surface area (Å²) in [6.45, 7) is 0.870. The molecular weight excluding hydrogens is 412 g/mol. The Morgan fingerprint density at radius 1 is 1.00 bits per heavy atom. The number of nitrogens with one attached hydrogen (secondary N) is 2. The van der Waals surface area contributed by atoms with Gasteiger partial charge in [0, 0.05) is 18.9 Å². The Hall–Kier alpha value is -3.39. The van der Waals surface area contributed by atoms with Crippen LogP contribution in [0.1, 0.15) is 29.9 Å². The minimum absolute atomic E-state index is 0.0110. The van der Waals surface area contributed by atoms with E-state index < -0.39 is 24.0 Å². The predicted octanol–water partition coefficient (Wildman–Crippen LogP) is 2.52. The fourth-order valence-electron chi connectivity index (χ4n) is 4.33. The van der Waals surface area contributed by atoms with E-state index in [1.165, 1.54) is 0 Å². The first-order chi connectivity index (χ1) is 15.5. The lowest BCUT2D eigenvalue weighted by atomic mass is 9.98. The number of rotatable bonds is 8. The predicted molar refractivity (Wildman–Crippen MR) is 116 cm³/mol. The van der Waals surface area contributed by atoms with E-state index in [0.717, 1.165) is 22.3 Å². The molecule has 2 aliphatic rings. The van der Waals surface area contributed by atoms with E-state index in [-0.39, 0.29) is 44.6 Å². The van der Waals surface area contributed by atoms with Crippen LogP contribution in [0.2, 0.25) is 0 Å². The zero-order valence-corrected chi connectivity index (χ0v) is 17.6. The van der Waals surface area contributed by atoms with Crippen LogP contribution in [0.4, 0.5) is 4.79 Å². The maximum absolute atomic E-state index is 12.5. The molecule has 8 nitrogen and oxygen atoms in total. The fraction of sp³-hybridized carbons (Fsp3) is 0.375. The molecule has 2 amide bonds. The van der Waals surface area contributed by atoms with Crippen LogP contribution >= 0.6 is 0 Å². The molecule has 1 heterocycles. The lowest BCUT2D eigenvalue weighted by molar-refractivity contribution is -0.137. The molecule has 4 rings (SSSR count). The molecule has 32 heavy (non-hydrogen) atoms. The van der Waals surface area contributed by atoms with Crippen LogP contribution in [-0.4, -0.2) is 55.5 Å². The molecule has 0 spiro atoms. The second-order valence-electron chi connectivity index (χ2n) is 8.01. The highest BCUT2D eigenvalue weighted by Crippen LogP contribution is 2.44. The topological polar surface area (TPSA) is 114 Å². The zero-order valence-electron chi connectivity index (χ0n) is 17.6. The Kier molecular flexibility index (Phi) is 6.70. The third kappa shape index (κ3) is 4.75. The first kappa shape index (κ1) is 21.8. The van der Waals surface area contributed by atoms with Gasteiger partial charge in [-0.25, -0.2) is 4.79 Å². The molecule has 2 atom stereocenters. The maximum Gasteiger partial charge on any atom is 0.407 e. The number of carbonyl (C=O) groups excluding carboxylic acids is 2. The van der Waals surface area contributed by atoms with Crippen molar-refractivity contribution >= 4 is 18.0 Å². The standard InChI is InChI=1S/C24H26N2O6/c27-22(28)10-5-11-25-23(29)20-12-31-14-21(20)26-24(30)32-13-19-17-8-3-1-6-15(17)16-7-2-4-9-18(16)19/h1-4,6-9,19-21H,5,10-14H2,(H,25,29)(H,26,30)(H,27,28). The third-order valence-corrected chi connectivity index (χ3v) is 5.93. The average Bonchev–Trinajstić information content (AvgIpc) is 3.37. The summed E-state index contributed by atoms with van der Waals surface area (Å²) in [4.78, 5) is 35.5. The number of amides is 2. The van der Waals surface area contributed by atoms with Gasteiger partial charge >= 0.3 is 12.1 Å². The highest BCUT2D eigenvalue weighted by atomic mass is 16.5. The lowest BCUT2D eigenvalue weighted by Gasteiger charge is -2.20. The van der Waals surface area contributed by atoms with Crippen LogP contribution in [0.15, 0.2) is 48.5 Å². The van der Waals surface area contributed by atoms with E-state index in [1.54, 1.807) is 0 Å². The number of aliphatic carboxylic acids is 1. The number of ether oxygens (including phenoxy) is 2. The second-order valence-corrected chi connectivity index (χ2v) is 8.01. The van der Waals surface area contributed by atoms with Gasteiger partial charge in [-0.3, -0.25) is 9.59 Å². The molecule has 1 aliphatic carbocycles. The number of hydrogen-bond donors (Lipinski definition) is 3. The second kappa shape index (κ2) is 9.82. The van der Waals surface area contributed by atoms with Crippen LogP contribution in [0, 0.1) is 5.92 Å². The first-order valence-corrected chi connectivity index (χ1v) is 10.7. The number of carboxylic acid groups (broad SMARTS) is 1. The van der Waals surface area contributed by atoms with Gasteiger partial charge in [-0.1, -0.05) is 48.5 Å². The molecule has 0 radical (unpaired) electrons. The Labute approximate surface area is 185 Å². The van der Waals surface area contributed by atoms with Crippen molar-refractivity contribution in [2.45, 2.75) is 24.8 Å². The monoisotopic (exact) mass is 438 g/mol. The number of carboxylic acids is 1. The van der Waals surface area contributed by atoms with Gasteiger partial charge in [-0.2, -0.15) is 0 Å². The molecule has 3 N–H and O–H groups in total. The molecule has 2 unspecified atom stereocenters. The number of alkyl carbamates (subject to hydrolysis) is 1. The van der Waals surface area contributed by atoms with Crippen LogP contribution in [0.25, 0.3) is 11.1 Å². The highest BCUT2D eigenvalue weighted by molar-refractivity contribution is 5.81. The van der Waals surface area contributed by atoms with E-state index >= 15 is 0 Å². The Balaban J connectivity index is 1.31. The SMILES string of the molecule is O=C(O)CCCNC(=O)C1COCC1NC(=O)OCC1c2ccccc2-c2ccccc21. The lowest BCUT2D eigenvalue weighted by Crippen LogP contribution is -2.46. The number of carbonyl (C=O) groups is 3. The molecule has 0 aromatic heterocycles. The van der Waals surface area contributed by atoms with Gasteiger partial charge in [0.15, 0.2) is 0 Å². The molecule has 1 aliphatic heterocycles. The molecule has 2 aromatic rings. The summed E-state index contributed by atoms with van der Waals surface area (Å²) in [5.74, 6) is -1.75. The van der Waals surface area contributed by atoms with Crippen molar-refractivity contribution in [3.05, 3.63) is 59.7 Å². The van der Waals surface area contributed by atoms with Crippen molar-refractivity contribution in [2.75, 3.05) is 26.4 Å². The quantitative estimate of drug-likeness (QED) is 0.546. The molecule has 168 valence electrons. The van der Waals surface area contributed by atoms with Gasteiger partial charge in [0.1, 0.15) is 6.61 Å². The van der Waals surface area contributed by atoms with Gasteiger partial charge in [0.25, 0.3) is 0 Å². The van der Waals surface area contributed by atoms with Crippen molar-refractivity contribution in [3.8, 4) is 11.1 Å². The number of fused-ring (bicyclic) bond motifs is 3. The van der Waals surface area contributed by atoms with Gasteiger partial charge < -0.3 is 25.2 Å². The van der Waals surface area contributed by atoms with E-state index in [9.17, 15) is 14.4 Å². The summed E-state index contributed by atoms with van der Waals surface area (Å²) >= 11 is 0. The number of hydrogen-bond acceptors (Lipinski definition) is 5. The molecular formula is C24H26N2O6. The van der Waals surface area contributed by atoms with E-state index in [2.05, 4.69) is 34.9 Å². The zero-order chi connectivity index (χ0) is 22.5. The fourth-order valence-corrected chi connectivity index (χ4v) is 4.33. The Morgan fingerprint density at radius 3 is 2.31 bits per heavy atom. The van der Waals surface area contributed by atoms with Crippen LogP contribution in [0.5, 0.6) is 0 Å².